The van der Waals surface area contributed by atoms with Gasteiger partial charge in [-0.15, -0.1) is 12.4 Å². The van der Waals surface area contributed by atoms with Gasteiger partial charge in [-0.2, -0.15) is 0 Å². The molecule has 4 nitrogen and oxygen atoms in total. The molecule has 0 aromatic heterocycles. The molecule has 1 saturated carbocycles. The lowest BCUT2D eigenvalue weighted by molar-refractivity contribution is -0.131. The van der Waals surface area contributed by atoms with E-state index in [2.05, 4.69) is 10.2 Å². The predicted molar refractivity (Wildman–Crippen MR) is 66.9 cm³/mol. The van der Waals surface area contributed by atoms with Crippen LogP contribution in [0.5, 0.6) is 0 Å². The van der Waals surface area contributed by atoms with Crippen LogP contribution in [0.3, 0.4) is 0 Å². The molecule has 0 radical (unpaired) electrons. The summed E-state index contributed by atoms with van der Waals surface area (Å²) >= 11 is 0. The average molecular weight is 248 g/mol. The second-order valence-corrected chi connectivity index (χ2v) is 4.94. The van der Waals surface area contributed by atoms with E-state index in [9.17, 15) is 4.79 Å². The first-order valence-corrected chi connectivity index (χ1v) is 5.81. The van der Waals surface area contributed by atoms with Crippen LogP contribution in [0.1, 0.15) is 12.8 Å². The highest BCUT2D eigenvalue weighted by molar-refractivity contribution is 5.85. The van der Waals surface area contributed by atoms with Gasteiger partial charge in [0.25, 0.3) is 0 Å². The van der Waals surface area contributed by atoms with E-state index in [-0.39, 0.29) is 18.3 Å². The van der Waals surface area contributed by atoms with Gasteiger partial charge in [0.05, 0.1) is 6.54 Å². The highest BCUT2D eigenvalue weighted by Gasteiger charge is 2.27. The van der Waals surface area contributed by atoms with E-state index < -0.39 is 0 Å². The number of nitrogens with one attached hydrogen (secondary N) is 1. The van der Waals surface area contributed by atoms with Crippen LogP contribution in [-0.4, -0.2) is 62.0 Å². The largest absolute Gasteiger partial charge is 0.344 e. The fraction of sp³-hybridized carbons (Fsp3) is 0.909. The summed E-state index contributed by atoms with van der Waals surface area (Å²) in [4.78, 5) is 15.9. The molecule has 0 unspecified atom stereocenters. The van der Waals surface area contributed by atoms with Crippen molar-refractivity contribution in [3.8, 4) is 0 Å². The van der Waals surface area contributed by atoms with Gasteiger partial charge >= 0.3 is 0 Å². The van der Waals surface area contributed by atoms with Gasteiger partial charge in [0.15, 0.2) is 0 Å². The highest BCUT2D eigenvalue weighted by Crippen LogP contribution is 2.29. The molecule has 1 amide bonds. The molecule has 2 rings (SSSR count). The van der Waals surface area contributed by atoms with Gasteiger partial charge in [0, 0.05) is 32.7 Å². The van der Waals surface area contributed by atoms with Crippen molar-refractivity contribution in [3.63, 3.8) is 0 Å². The van der Waals surface area contributed by atoms with Crippen molar-refractivity contribution in [1.29, 1.82) is 0 Å². The Kier molecular flexibility index (Phi) is 5.02. The second kappa shape index (κ2) is 5.84. The minimum Gasteiger partial charge on any atom is -0.344 e. The smallest absolute Gasteiger partial charge is 0.236 e. The van der Waals surface area contributed by atoms with Crippen LogP contribution in [-0.2, 0) is 4.79 Å². The zero-order chi connectivity index (χ0) is 10.8. The van der Waals surface area contributed by atoms with Crippen LogP contribution < -0.4 is 5.32 Å². The second-order valence-electron chi connectivity index (χ2n) is 4.94. The Morgan fingerprint density at radius 1 is 1.31 bits per heavy atom. The summed E-state index contributed by atoms with van der Waals surface area (Å²) in [7, 11) is 3.96. The first-order valence-electron chi connectivity index (χ1n) is 5.81. The minimum absolute atomic E-state index is 0. The molecule has 0 spiro atoms. The zero-order valence-electron chi connectivity index (χ0n) is 10.1. The summed E-state index contributed by atoms with van der Waals surface area (Å²) in [5, 5.41) is 3.22. The quantitative estimate of drug-likeness (QED) is 0.753. The third-order valence-corrected chi connectivity index (χ3v) is 3.42. The first-order chi connectivity index (χ1) is 7.16. The monoisotopic (exact) mass is 247 g/mol. The molecule has 1 saturated heterocycles. The third kappa shape index (κ3) is 3.61. The molecule has 1 heterocycles. The summed E-state index contributed by atoms with van der Waals surface area (Å²) in [6.45, 7) is 3.57. The molecule has 0 aromatic rings. The van der Waals surface area contributed by atoms with Crippen LogP contribution in [0.25, 0.3) is 0 Å². The van der Waals surface area contributed by atoms with Gasteiger partial charge < -0.3 is 10.2 Å². The number of rotatable bonds is 5. The lowest BCUT2D eigenvalue weighted by Gasteiger charge is -2.35. The van der Waals surface area contributed by atoms with Gasteiger partial charge in [-0.3, -0.25) is 9.69 Å². The first kappa shape index (κ1) is 13.7. The Balaban J connectivity index is 0.00000128. The Labute approximate surface area is 104 Å². The maximum Gasteiger partial charge on any atom is 0.236 e. The van der Waals surface area contributed by atoms with Crippen molar-refractivity contribution in [2.24, 2.45) is 5.92 Å². The van der Waals surface area contributed by atoms with Gasteiger partial charge in [-0.1, -0.05) is 0 Å². The lowest BCUT2D eigenvalue weighted by atomic mass is 10.1. The minimum atomic E-state index is 0. The summed E-state index contributed by atoms with van der Waals surface area (Å²) in [6.07, 6.45) is 2.61. The van der Waals surface area contributed by atoms with Gasteiger partial charge in [-0.25, -0.2) is 0 Å². The molecule has 5 heteroatoms. The van der Waals surface area contributed by atoms with Crippen molar-refractivity contribution in [3.05, 3.63) is 0 Å². The molecule has 0 atom stereocenters. The number of carbonyl (C=O) groups excluding carboxylic acids is 1. The van der Waals surface area contributed by atoms with E-state index in [4.69, 9.17) is 0 Å². The van der Waals surface area contributed by atoms with Gasteiger partial charge in [0.1, 0.15) is 0 Å². The van der Waals surface area contributed by atoms with Crippen molar-refractivity contribution in [2.75, 3.05) is 40.3 Å². The standard InChI is InChI=1S/C11H21N3O.ClH/c1-13(10-5-12-6-10)8-11(15)14(2)7-9-3-4-9;/h9-10,12H,3-8H2,1-2H3;1H. The van der Waals surface area contributed by atoms with Crippen LogP contribution >= 0.6 is 12.4 Å². The molecule has 1 aliphatic carbocycles. The third-order valence-electron chi connectivity index (χ3n) is 3.42. The summed E-state index contributed by atoms with van der Waals surface area (Å²) in [5.41, 5.74) is 0. The van der Waals surface area contributed by atoms with Crippen LogP contribution in [0, 0.1) is 5.92 Å². The Hall–Kier alpha value is -0.320. The average Bonchev–Trinajstić information content (AvgIpc) is 2.84. The lowest BCUT2D eigenvalue weighted by Crippen LogP contribution is -2.57. The number of likely N-dealkylation sites (N-methyl/N-ethyl adjacent to an activating group) is 2. The summed E-state index contributed by atoms with van der Waals surface area (Å²) < 4.78 is 0. The molecule has 16 heavy (non-hydrogen) atoms. The molecule has 94 valence electrons. The van der Waals surface area contributed by atoms with E-state index in [0.29, 0.717) is 12.6 Å². The number of carbonyl (C=O) groups is 1. The fourth-order valence-corrected chi connectivity index (χ4v) is 1.84. The van der Waals surface area contributed by atoms with Crippen LogP contribution in [0.2, 0.25) is 0 Å². The van der Waals surface area contributed by atoms with Gasteiger partial charge in [0.2, 0.25) is 5.91 Å². The number of hydrogen-bond donors (Lipinski definition) is 1. The molecule has 2 fully saturated rings. The molecule has 0 aromatic carbocycles. The molecule has 2 aliphatic rings. The molecular formula is C11H22ClN3O. The number of nitrogens with zero attached hydrogens (tertiary/aromatic N) is 2. The van der Waals surface area contributed by atoms with Crippen molar-refractivity contribution in [1.82, 2.24) is 15.1 Å². The maximum absolute atomic E-state index is 11.8. The summed E-state index contributed by atoms with van der Waals surface area (Å²) in [5.74, 6) is 1.05. The molecule has 1 aliphatic heterocycles. The Morgan fingerprint density at radius 2 is 1.94 bits per heavy atom. The highest BCUT2D eigenvalue weighted by atomic mass is 35.5. The van der Waals surface area contributed by atoms with E-state index in [1.807, 2.05) is 19.0 Å². The number of hydrogen-bond acceptors (Lipinski definition) is 3. The fourth-order valence-electron chi connectivity index (χ4n) is 1.84. The van der Waals surface area contributed by atoms with E-state index in [1.165, 1.54) is 12.8 Å². The molecule has 1 N–H and O–H groups in total. The maximum atomic E-state index is 11.8. The van der Waals surface area contributed by atoms with E-state index >= 15 is 0 Å². The SMILES string of the molecule is CN(CC1CC1)C(=O)CN(C)C1CNC1.Cl. The number of amides is 1. The Morgan fingerprint density at radius 3 is 2.38 bits per heavy atom. The zero-order valence-corrected chi connectivity index (χ0v) is 10.9. The van der Waals surface area contributed by atoms with Crippen LogP contribution in [0.15, 0.2) is 0 Å². The van der Waals surface area contributed by atoms with Crippen LogP contribution in [0.4, 0.5) is 0 Å². The van der Waals surface area contributed by atoms with Crippen molar-refractivity contribution < 1.29 is 4.79 Å². The Bertz CT molecular complexity index is 241. The van der Waals surface area contributed by atoms with E-state index in [1.54, 1.807) is 0 Å². The summed E-state index contributed by atoms with van der Waals surface area (Å²) in [6, 6.07) is 0.559. The van der Waals surface area contributed by atoms with E-state index in [0.717, 1.165) is 25.6 Å². The topological polar surface area (TPSA) is 35.6 Å². The van der Waals surface area contributed by atoms with Crippen molar-refractivity contribution >= 4 is 18.3 Å². The number of halogens is 1. The normalized spacial score (nSPS) is 20.2. The predicted octanol–water partition coefficient (Wildman–Crippen LogP) is 0.180. The van der Waals surface area contributed by atoms with Gasteiger partial charge in [-0.05, 0) is 25.8 Å². The molecular weight excluding hydrogens is 226 g/mol. The molecule has 0 bridgehead atoms. The van der Waals surface area contributed by atoms with Crippen molar-refractivity contribution in [2.45, 2.75) is 18.9 Å².